The Labute approximate surface area is 208 Å². The van der Waals surface area contributed by atoms with Crippen LogP contribution in [0, 0.1) is 12.8 Å². The fraction of sp³-hybridized carbons (Fsp3) is 0.296. The van der Waals surface area contributed by atoms with Gasteiger partial charge in [-0.3, -0.25) is 14.5 Å². The van der Waals surface area contributed by atoms with E-state index in [-0.39, 0.29) is 23.8 Å². The molecule has 0 aliphatic carbocycles. The molecule has 0 radical (unpaired) electrons. The molecule has 2 aromatic heterocycles. The number of carbonyl (C=O) groups is 2. The maximum Gasteiger partial charge on any atom is 0.294 e. The van der Waals surface area contributed by atoms with E-state index in [0.29, 0.717) is 17.9 Å². The zero-order chi connectivity index (χ0) is 25.1. The summed E-state index contributed by atoms with van der Waals surface area (Å²) in [6, 6.07) is 12.2. The van der Waals surface area contributed by atoms with Crippen LogP contribution in [-0.4, -0.2) is 42.1 Å². The second-order valence-electron chi connectivity index (χ2n) is 8.59. The van der Waals surface area contributed by atoms with Crippen LogP contribution in [0.1, 0.15) is 30.3 Å². The zero-order valence-electron chi connectivity index (χ0n) is 20.1. The van der Waals surface area contributed by atoms with E-state index in [1.165, 1.54) is 9.78 Å². The molecule has 0 bridgehead atoms. The minimum absolute atomic E-state index is 0.0483. The number of carbonyl (C=O) groups excluding carboxylic acids is 2. The summed E-state index contributed by atoms with van der Waals surface area (Å²) in [4.78, 5) is 33.5. The van der Waals surface area contributed by atoms with Gasteiger partial charge in [-0.1, -0.05) is 26.0 Å². The van der Waals surface area contributed by atoms with Crippen molar-refractivity contribution in [2.45, 2.75) is 26.8 Å². The number of rotatable bonds is 9. The largest absolute Gasteiger partial charge is 0.503 e. The summed E-state index contributed by atoms with van der Waals surface area (Å²) in [7, 11) is 1.57. The number of aryl methyl sites for hydroxylation is 1. The molecule has 182 valence electrons. The van der Waals surface area contributed by atoms with Crippen molar-refractivity contribution in [3.8, 4) is 17.0 Å². The van der Waals surface area contributed by atoms with Crippen molar-refractivity contribution in [2.75, 3.05) is 25.2 Å². The van der Waals surface area contributed by atoms with Crippen molar-refractivity contribution in [3.63, 3.8) is 0 Å². The van der Waals surface area contributed by atoms with E-state index in [0.717, 1.165) is 11.1 Å². The third-order valence-electron chi connectivity index (χ3n) is 5.83. The first-order valence-electron chi connectivity index (χ1n) is 11.4. The number of Topliss-reactive ketones (excluding diaryl/α,β-unsaturated/α-hetero) is 1. The standard InChI is InChI=1S/C27H28N2O5S/c1-16(2)24(30)22-23(21-6-5-11-28-26(21)34-13-12-33-4)29(27(32)25(22)31)20-9-7-18(8-10-20)19-14-17(3)35-15-19/h5-11,14-16,23,31H,12-13H2,1-4H3. The van der Waals surface area contributed by atoms with Crippen LogP contribution in [0.5, 0.6) is 5.88 Å². The van der Waals surface area contributed by atoms with Crippen LogP contribution in [0.4, 0.5) is 5.69 Å². The molecule has 1 atom stereocenters. The van der Waals surface area contributed by atoms with Gasteiger partial charge in [0.15, 0.2) is 11.5 Å². The Morgan fingerprint density at radius 3 is 2.54 bits per heavy atom. The lowest BCUT2D eigenvalue weighted by Crippen LogP contribution is -2.32. The van der Waals surface area contributed by atoms with Crippen molar-refractivity contribution in [1.82, 2.24) is 4.98 Å². The first-order chi connectivity index (χ1) is 16.8. The Kier molecular flexibility index (Phi) is 7.33. The van der Waals surface area contributed by atoms with Gasteiger partial charge >= 0.3 is 0 Å². The van der Waals surface area contributed by atoms with Crippen LogP contribution < -0.4 is 9.64 Å². The lowest BCUT2D eigenvalue weighted by molar-refractivity contribution is -0.119. The van der Waals surface area contributed by atoms with Gasteiger partial charge in [0.1, 0.15) is 12.6 Å². The number of anilines is 1. The third kappa shape index (κ3) is 4.85. The van der Waals surface area contributed by atoms with Crippen LogP contribution in [0.3, 0.4) is 0 Å². The molecular formula is C27H28N2O5S. The van der Waals surface area contributed by atoms with E-state index in [1.807, 2.05) is 24.3 Å². The van der Waals surface area contributed by atoms with Gasteiger partial charge < -0.3 is 14.6 Å². The monoisotopic (exact) mass is 492 g/mol. The molecule has 1 aromatic carbocycles. The molecule has 1 N–H and O–H groups in total. The predicted molar refractivity (Wildman–Crippen MR) is 136 cm³/mol. The highest BCUT2D eigenvalue weighted by Gasteiger charge is 2.46. The van der Waals surface area contributed by atoms with Gasteiger partial charge in [0.05, 0.1) is 12.2 Å². The molecule has 35 heavy (non-hydrogen) atoms. The summed E-state index contributed by atoms with van der Waals surface area (Å²) in [6.07, 6.45) is 1.58. The van der Waals surface area contributed by atoms with Gasteiger partial charge in [-0.2, -0.15) is 0 Å². The molecule has 0 spiro atoms. The molecule has 1 amide bonds. The number of benzene rings is 1. The van der Waals surface area contributed by atoms with Gasteiger partial charge in [-0.25, -0.2) is 4.98 Å². The van der Waals surface area contributed by atoms with Gasteiger partial charge in [-0.15, -0.1) is 11.3 Å². The van der Waals surface area contributed by atoms with Crippen LogP contribution in [0.2, 0.25) is 0 Å². The van der Waals surface area contributed by atoms with Crippen LogP contribution >= 0.6 is 11.3 Å². The van der Waals surface area contributed by atoms with E-state index in [1.54, 1.807) is 50.6 Å². The molecule has 7 nitrogen and oxygen atoms in total. The van der Waals surface area contributed by atoms with Crippen molar-refractivity contribution in [1.29, 1.82) is 0 Å². The topological polar surface area (TPSA) is 89.0 Å². The Morgan fingerprint density at radius 2 is 1.91 bits per heavy atom. The maximum atomic E-state index is 13.3. The number of pyridine rings is 1. The predicted octanol–water partition coefficient (Wildman–Crippen LogP) is 5.27. The number of aromatic nitrogens is 1. The molecule has 3 aromatic rings. The Bertz CT molecular complexity index is 1260. The van der Waals surface area contributed by atoms with Gasteiger partial charge in [0, 0.05) is 35.4 Å². The smallest absolute Gasteiger partial charge is 0.294 e. The molecule has 4 rings (SSSR count). The fourth-order valence-corrected chi connectivity index (χ4v) is 4.80. The summed E-state index contributed by atoms with van der Waals surface area (Å²) >= 11 is 1.67. The number of hydrogen-bond acceptors (Lipinski definition) is 7. The highest BCUT2D eigenvalue weighted by atomic mass is 32.1. The second-order valence-corrected chi connectivity index (χ2v) is 9.71. The number of aliphatic hydroxyl groups is 1. The summed E-state index contributed by atoms with van der Waals surface area (Å²) in [5, 5.41) is 13.0. The first kappa shape index (κ1) is 24.6. The molecule has 1 unspecified atom stereocenters. The Balaban J connectivity index is 1.79. The molecule has 0 saturated heterocycles. The molecule has 1 aliphatic rings. The highest BCUT2D eigenvalue weighted by molar-refractivity contribution is 7.10. The van der Waals surface area contributed by atoms with Crippen molar-refractivity contribution >= 4 is 28.7 Å². The lowest BCUT2D eigenvalue weighted by atomic mass is 9.91. The minimum atomic E-state index is -0.877. The number of hydrogen-bond donors (Lipinski definition) is 1. The molecule has 1 aliphatic heterocycles. The van der Waals surface area contributed by atoms with Gasteiger partial charge in [0.2, 0.25) is 5.88 Å². The second kappa shape index (κ2) is 10.4. The van der Waals surface area contributed by atoms with E-state index < -0.39 is 23.6 Å². The number of amides is 1. The van der Waals surface area contributed by atoms with Crippen LogP contribution in [-0.2, 0) is 14.3 Å². The number of ketones is 1. The average Bonchev–Trinajstić information content (AvgIpc) is 3.40. The summed E-state index contributed by atoms with van der Waals surface area (Å²) in [5.41, 5.74) is 3.23. The fourth-order valence-electron chi connectivity index (χ4n) is 4.09. The molecule has 3 heterocycles. The quantitative estimate of drug-likeness (QED) is 0.410. The first-order valence-corrected chi connectivity index (χ1v) is 12.2. The van der Waals surface area contributed by atoms with Crippen LogP contribution in [0.25, 0.3) is 11.1 Å². The van der Waals surface area contributed by atoms with E-state index >= 15 is 0 Å². The van der Waals surface area contributed by atoms with Crippen LogP contribution in [0.15, 0.2) is 65.4 Å². The number of nitrogens with zero attached hydrogens (tertiary/aromatic N) is 2. The molecular weight excluding hydrogens is 464 g/mol. The van der Waals surface area contributed by atoms with Gasteiger partial charge in [-0.05, 0) is 53.8 Å². The highest BCUT2D eigenvalue weighted by Crippen LogP contribution is 2.44. The molecule has 8 heteroatoms. The minimum Gasteiger partial charge on any atom is -0.503 e. The van der Waals surface area contributed by atoms with E-state index in [2.05, 4.69) is 23.4 Å². The Morgan fingerprint density at radius 1 is 1.17 bits per heavy atom. The number of thiophene rings is 1. The molecule has 0 saturated carbocycles. The van der Waals surface area contributed by atoms with E-state index in [4.69, 9.17) is 9.47 Å². The summed E-state index contributed by atoms with van der Waals surface area (Å²) in [5.74, 6) is -1.62. The molecule has 0 fully saturated rings. The third-order valence-corrected chi connectivity index (χ3v) is 6.69. The lowest BCUT2D eigenvalue weighted by Gasteiger charge is -2.28. The summed E-state index contributed by atoms with van der Waals surface area (Å²) in [6.45, 7) is 6.14. The van der Waals surface area contributed by atoms with Crippen molar-refractivity contribution in [2.24, 2.45) is 5.92 Å². The van der Waals surface area contributed by atoms with Crippen molar-refractivity contribution < 1.29 is 24.2 Å². The number of methoxy groups -OCH3 is 1. The zero-order valence-corrected chi connectivity index (χ0v) is 21.0. The number of ether oxygens (including phenoxy) is 2. The Hall–Kier alpha value is -3.49. The van der Waals surface area contributed by atoms with Crippen molar-refractivity contribution in [3.05, 3.63) is 75.8 Å². The van der Waals surface area contributed by atoms with E-state index in [9.17, 15) is 14.7 Å². The SMILES string of the molecule is COCCOc1ncccc1C1C(C(=O)C(C)C)=C(O)C(=O)N1c1ccc(-c2csc(C)c2)cc1. The van der Waals surface area contributed by atoms with Gasteiger partial charge in [0.25, 0.3) is 5.91 Å². The summed E-state index contributed by atoms with van der Waals surface area (Å²) < 4.78 is 10.9. The normalized spacial score (nSPS) is 15.9. The average molecular weight is 493 g/mol. The maximum absolute atomic E-state index is 13.3. The number of aliphatic hydroxyl groups excluding tert-OH is 1.